The number of rotatable bonds is 4. The maximum Gasteiger partial charge on any atom is 0.195 e. The molecule has 1 aromatic heterocycles. The zero-order valence-corrected chi connectivity index (χ0v) is 9.69. The van der Waals surface area contributed by atoms with Crippen LogP contribution in [0.2, 0.25) is 0 Å². The molecule has 1 aliphatic rings. The van der Waals surface area contributed by atoms with Gasteiger partial charge in [-0.15, -0.1) is 0 Å². The summed E-state index contributed by atoms with van der Waals surface area (Å²) in [5.41, 5.74) is 0. The summed E-state index contributed by atoms with van der Waals surface area (Å²) in [6.45, 7) is 5.63. The summed E-state index contributed by atoms with van der Waals surface area (Å²) in [4.78, 5) is 17.0. The van der Waals surface area contributed by atoms with Crippen molar-refractivity contribution < 1.29 is 9.21 Å². The zero-order chi connectivity index (χ0) is 11.4. The van der Waals surface area contributed by atoms with E-state index in [2.05, 4.69) is 16.8 Å². The number of carbonyl (C=O) groups excluding carboxylic acids is 1. The maximum atomic E-state index is 10.5. The Bertz CT molecular complexity index is 349. The molecule has 4 nitrogen and oxygen atoms in total. The second-order valence-electron chi connectivity index (χ2n) is 4.38. The van der Waals surface area contributed by atoms with Crippen LogP contribution in [0, 0.1) is 5.92 Å². The molecule has 0 radical (unpaired) electrons. The molecule has 16 heavy (non-hydrogen) atoms. The number of piperidine rings is 1. The fourth-order valence-electron chi connectivity index (χ4n) is 2.33. The number of hydrogen-bond acceptors (Lipinski definition) is 4. The number of hydrogen-bond donors (Lipinski definition) is 0. The molecule has 1 aromatic rings. The SMILES string of the molecule is CCN1CCCC(Cc2ncc(C=O)o2)C1. The molecule has 0 saturated carbocycles. The Hall–Kier alpha value is -1.16. The van der Waals surface area contributed by atoms with E-state index in [1.165, 1.54) is 25.6 Å². The van der Waals surface area contributed by atoms with Crippen molar-refractivity contribution in [2.45, 2.75) is 26.2 Å². The molecular weight excluding hydrogens is 204 g/mol. The predicted molar refractivity (Wildman–Crippen MR) is 60.4 cm³/mol. The fourth-order valence-corrected chi connectivity index (χ4v) is 2.33. The normalized spacial score (nSPS) is 22.2. The number of likely N-dealkylation sites (tertiary alicyclic amines) is 1. The van der Waals surface area contributed by atoms with E-state index in [9.17, 15) is 4.79 Å². The highest BCUT2D eigenvalue weighted by Gasteiger charge is 2.20. The molecule has 1 fully saturated rings. The molecule has 1 aliphatic heterocycles. The lowest BCUT2D eigenvalue weighted by atomic mass is 9.95. The first-order chi connectivity index (χ1) is 7.81. The molecule has 0 spiro atoms. The molecule has 0 bridgehead atoms. The van der Waals surface area contributed by atoms with Crippen LogP contribution in [0.3, 0.4) is 0 Å². The topological polar surface area (TPSA) is 46.3 Å². The summed E-state index contributed by atoms with van der Waals surface area (Å²) in [5, 5.41) is 0. The molecule has 4 heteroatoms. The number of aromatic nitrogens is 1. The summed E-state index contributed by atoms with van der Waals surface area (Å²) < 4.78 is 5.31. The minimum Gasteiger partial charge on any atom is -0.438 e. The van der Waals surface area contributed by atoms with E-state index in [0.717, 1.165) is 19.5 Å². The van der Waals surface area contributed by atoms with Crippen molar-refractivity contribution in [3.63, 3.8) is 0 Å². The van der Waals surface area contributed by atoms with E-state index in [4.69, 9.17) is 4.42 Å². The molecule has 1 unspecified atom stereocenters. The standard InChI is InChI=1S/C12H18N2O2/c1-2-14-5-3-4-10(8-14)6-12-13-7-11(9-15)16-12/h7,9-10H,2-6,8H2,1H3. The van der Waals surface area contributed by atoms with Crippen molar-refractivity contribution >= 4 is 6.29 Å². The van der Waals surface area contributed by atoms with E-state index < -0.39 is 0 Å². The molecule has 1 saturated heterocycles. The monoisotopic (exact) mass is 222 g/mol. The van der Waals surface area contributed by atoms with Crippen LogP contribution in [0.4, 0.5) is 0 Å². The second kappa shape index (κ2) is 5.25. The number of carbonyl (C=O) groups is 1. The Labute approximate surface area is 95.6 Å². The summed E-state index contributed by atoms with van der Waals surface area (Å²) in [6.07, 6.45) is 5.54. The van der Waals surface area contributed by atoms with Gasteiger partial charge in [0.2, 0.25) is 0 Å². The lowest BCUT2D eigenvalue weighted by molar-refractivity contribution is 0.109. The molecule has 0 amide bonds. The third-order valence-corrected chi connectivity index (χ3v) is 3.20. The van der Waals surface area contributed by atoms with E-state index >= 15 is 0 Å². The van der Waals surface area contributed by atoms with Crippen LogP contribution in [0.15, 0.2) is 10.6 Å². The van der Waals surface area contributed by atoms with Crippen molar-refractivity contribution in [1.29, 1.82) is 0 Å². The van der Waals surface area contributed by atoms with Crippen LogP contribution in [0.5, 0.6) is 0 Å². The van der Waals surface area contributed by atoms with E-state index in [-0.39, 0.29) is 0 Å². The van der Waals surface area contributed by atoms with E-state index in [1.807, 2.05) is 0 Å². The third kappa shape index (κ3) is 2.70. The first kappa shape index (κ1) is 11.3. The molecule has 88 valence electrons. The van der Waals surface area contributed by atoms with Gasteiger partial charge in [-0.3, -0.25) is 4.79 Å². The quantitative estimate of drug-likeness (QED) is 0.728. The Balaban J connectivity index is 1.91. The van der Waals surface area contributed by atoms with Gasteiger partial charge in [0, 0.05) is 13.0 Å². The Kier molecular flexibility index (Phi) is 3.72. The van der Waals surface area contributed by atoms with Crippen LogP contribution >= 0.6 is 0 Å². The average Bonchev–Trinajstić information content (AvgIpc) is 2.77. The van der Waals surface area contributed by atoms with Crippen LogP contribution in [-0.2, 0) is 6.42 Å². The Morgan fingerprint density at radius 1 is 1.69 bits per heavy atom. The van der Waals surface area contributed by atoms with Gasteiger partial charge in [-0.1, -0.05) is 6.92 Å². The van der Waals surface area contributed by atoms with E-state index in [1.54, 1.807) is 0 Å². The molecule has 0 N–H and O–H groups in total. The molecule has 2 rings (SSSR count). The zero-order valence-electron chi connectivity index (χ0n) is 9.69. The summed E-state index contributed by atoms with van der Waals surface area (Å²) in [7, 11) is 0. The smallest absolute Gasteiger partial charge is 0.195 e. The van der Waals surface area contributed by atoms with Gasteiger partial charge in [0.25, 0.3) is 0 Å². The van der Waals surface area contributed by atoms with Crippen molar-refractivity contribution in [3.8, 4) is 0 Å². The first-order valence-electron chi connectivity index (χ1n) is 5.94. The summed E-state index contributed by atoms with van der Waals surface area (Å²) >= 11 is 0. The molecular formula is C12H18N2O2. The van der Waals surface area contributed by atoms with Gasteiger partial charge in [-0.05, 0) is 31.8 Å². The Morgan fingerprint density at radius 3 is 3.25 bits per heavy atom. The fraction of sp³-hybridized carbons (Fsp3) is 0.667. The van der Waals surface area contributed by atoms with Gasteiger partial charge in [-0.2, -0.15) is 0 Å². The highest BCUT2D eigenvalue weighted by atomic mass is 16.4. The minimum atomic E-state index is 0.332. The minimum absolute atomic E-state index is 0.332. The van der Waals surface area contributed by atoms with Crippen LogP contribution in [0.1, 0.15) is 36.2 Å². The van der Waals surface area contributed by atoms with Crippen molar-refractivity contribution in [3.05, 3.63) is 17.8 Å². The van der Waals surface area contributed by atoms with Crippen molar-refractivity contribution in [2.75, 3.05) is 19.6 Å². The number of nitrogens with zero attached hydrogens (tertiary/aromatic N) is 2. The first-order valence-corrected chi connectivity index (χ1v) is 5.94. The van der Waals surface area contributed by atoms with Gasteiger partial charge >= 0.3 is 0 Å². The maximum absolute atomic E-state index is 10.5. The van der Waals surface area contributed by atoms with Crippen LogP contribution < -0.4 is 0 Å². The van der Waals surface area contributed by atoms with Crippen LogP contribution in [0.25, 0.3) is 0 Å². The third-order valence-electron chi connectivity index (χ3n) is 3.20. The number of oxazole rings is 1. The molecule has 0 aliphatic carbocycles. The van der Waals surface area contributed by atoms with Gasteiger partial charge < -0.3 is 9.32 Å². The molecule has 2 heterocycles. The van der Waals surface area contributed by atoms with Gasteiger partial charge in [0.1, 0.15) is 0 Å². The summed E-state index contributed by atoms with van der Waals surface area (Å²) in [6, 6.07) is 0. The predicted octanol–water partition coefficient (Wildman–Crippen LogP) is 1.76. The molecule has 1 atom stereocenters. The highest BCUT2D eigenvalue weighted by Crippen LogP contribution is 2.20. The Morgan fingerprint density at radius 2 is 2.56 bits per heavy atom. The number of aldehydes is 1. The van der Waals surface area contributed by atoms with Gasteiger partial charge in [0.05, 0.1) is 6.20 Å². The lowest BCUT2D eigenvalue weighted by Crippen LogP contribution is -2.35. The van der Waals surface area contributed by atoms with Gasteiger partial charge in [-0.25, -0.2) is 4.98 Å². The highest BCUT2D eigenvalue weighted by molar-refractivity contribution is 5.69. The summed E-state index contributed by atoms with van der Waals surface area (Å²) in [5.74, 6) is 1.65. The van der Waals surface area contributed by atoms with Gasteiger partial charge in [0.15, 0.2) is 17.9 Å². The largest absolute Gasteiger partial charge is 0.438 e. The average molecular weight is 222 g/mol. The molecule has 0 aromatic carbocycles. The van der Waals surface area contributed by atoms with Crippen molar-refractivity contribution in [1.82, 2.24) is 9.88 Å². The van der Waals surface area contributed by atoms with E-state index in [0.29, 0.717) is 23.9 Å². The lowest BCUT2D eigenvalue weighted by Gasteiger charge is -2.31. The van der Waals surface area contributed by atoms with Crippen LogP contribution in [-0.4, -0.2) is 35.8 Å². The second-order valence-corrected chi connectivity index (χ2v) is 4.38. The van der Waals surface area contributed by atoms with Crippen molar-refractivity contribution in [2.24, 2.45) is 5.92 Å².